The predicted molar refractivity (Wildman–Crippen MR) is 39.6 cm³/mol. The van der Waals surface area contributed by atoms with E-state index in [0.717, 1.165) is 0 Å². The summed E-state index contributed by atoms with van der Waals surface area (Å²) in [6.45, 7) is 3.90. The van der Waals surface area contributed by atoms with E-state index in [1.54, 1.807) is 0 Å². The van der Waals surface area contributed by atoms with Gasteiger partial charge in [-0.2, -0.15) is 0 Å². The van der Waals surface area contributed by atoms with Crippen LogP contribution in [0.2, 0.25) is 0 Å². The number of carboxylic acids is 1. The van der Waals surface area contributed by atoms with Crippen molar-refractivity contribution in [2.75, 3.05) is 0 Å². The number of carboxylic acid groups (broad SMARTS) is 1. The Balaban J connectivity index is 1.79. The van der Waals surface area contributed by atoms with Gasteiger partial charge in [0.25, 0.3) is 0 Å². The van der Waals surface area contributed by atoms with Gasteiger partial charge < -0.3 is 14.6 Å². The van der Waals surface area contributed by atoms with Crippen molar-refractivity contribution in [1.82, 2.24) is 0 Å². The molecule has 0 saturated carbocycles. The normalized spacial score (nSPS) is 41.3. The van der Waals surface area contributed by atoms with Gasteiger partial charge in [-0.1, -0.05) is 0 Å². The Labute approximate surface area is 70.5 Å². The Bertz CT molecular complexity index is 235. The zero-order valence-corrected chi connectivity index (χ0v) is 7.16. The molecule has 0 aromatic carbocycles. The van der Waals surface area contributed by atoms with E-state index in [9.17, 15) is 4.79 Å². The van der Waals surface area contributed by atoms with Crippen molar-refractivity contribution >= 4 is 5.97 Å². The maximum atomic E-state index is 10.2. The Morgan fingerprint density at radius 2 is 2.17 bits per heavy atom. The zero-order chi connectivity index (χ0) is 8.98. The first-order chi connectivity index (χ1) is 5.48. The lowest BCUT2D eigenvalue weighted by Crippen LogP contribution is -2.09. The maximum absolute atomic E-state index is 10.2. The molecule has 0 amide bonds. The minimum absolute atomic E-state index is 0.00333. The maximum Gasteiger partial charge on any atom is 0.303 e. The van der Waals surface area contributed by atoms with E-state index < -0.39 is 11.8 Å². The van der Waals surface area contributed by atoms with Crippen LogP contribution >= 0.6 is 0 Å². The summed E-state index contributed by atoms with van der Waals surface area (Å²) in [5, 5.41) is 8.41. The summed E-state index contributed by atoms with van der Waals surface area (Å²) in [7, 11) is 0. The fourth-order valence-electron chi connectivity index (χ4n) is 1.65. The molecule has 1 N–H and O–H groups in total. The van der Waals surface area contributed by atoms with Crippen LogP contribution in [0.3, 0.4) is 0 Å². The van der Waals surface area contributed by atoms with Crippen LogP contribution in [0.15, 0.2) is 0 Å². The molecule has 0 bridgehead atoms. The van der Waals surface area contributed by atoms with E-state index in [4.69, 9.17) is 14.6 Å². The minimum Gasteiger partial charge on any atom is -0.481 e. The van der Waals surface area contributed by atoms with E-state index in [1.807, 2.05) is 13.8 Å². The molecular weight excluding hydrogens is 160 g/mol. The Morgan fingerprint density at radius 1 is 1.58 bits per heavy atom. The smallest absolute Gasteiger partial charge is 0.303 e. The largest absolute Gasteiger partial charge is 0.481 e. The van der Waals surface area contributed by atoms with Gasteiger partial charge in [-0.3, -0.25) is 4.79 Å². The predicted octanol–water partition coefficient (Wildman–Crippen LogP) is 0.755. The third-order valence-corrected chi connectivity index (χ3v) is 2.51. The number of aliphatic carboxylic acids is 1. The molecule has 2 heterocycles. The molecule has 12 heavy (non-hydrogen) atoms. The molecule has 0 radical (unpaired) electrons. The zero-order valence-electron chi connectivity index (χ0n) is 7.16. The van der Waals surface area contributed by atoms with Crippen LogP contribution in [-0.2, 0) is 14.3 Å². The number of hydrogen-bond acceptors (Lipinski definition) is 3. The van der Waals surface area contributed by atoms with E-state index >= 15 is 0 Å². The highest BCUT2D eigenvalue weighted by atomic mass is 16.9. The first kappa shape index (κ1) is 8.01. The summed E-state index contributed by atoms with van der Waals surface area (Å²) >= 11 is 0. The second-order valence-corrected chi connectivity index (χ2v) is 3.82. The Kier molecular flexibility index (Phi) is 1.34. The number of rotatable bonds is 3. The van der Waals surface area contributed by atoms with Crippen molar-refractivity contribution in [2.45, 2.75) is 44.2 Å². The number of ether oxygens (including phenoxy) is 2. The van der Waals surface area contributed by atoms with Crippen molar-refractivity contribution in [3.63, 3.8) is 0 Å². The van der Waals surface area contributed by atoms with Crippen LogP contribution in [0, 0.1) is 0 Å². The van der Waals surface area contributed by atoms with E-state index in [1.165, 1.54) is 0 Å². The molecule has 2 rings (SSSR count). The lowest BCUT2D eigenvalue weighted by Gasteiger charge is -1.89. The number of carbonyl (C=O) groups is 1. The summed E-state index contributed by atoms with van der Waals surface area (Å²) in [5.41, 5.74) is -0.198. The molecule has 0 aliphatic carbocycles. The average Bonchev–Trinajstić information content (AvgIpc) is 2.71. The number of hydrogen-bond donors (Lipinski definition) is 1. The van der Waals surface area contributed by atoms with Crippen LogP contribution < -0.4 is 0 Å². The fourth-order valence-corrected chi connectivity index (χ4v) is 1.65. The molecule has 1 spiro atoms. The molecule has 1 unspecified atom stereocenters. The van der Waals surface area contributed by atoms with Gasteiger partial charge in [0.2, 0.25) is 5.79 Å². The van der Waals surface area contributed by atoms with Gasteiger partial charge in [0.1, 0.15) is 11.7 Å². The summed E-state index contributed by atoms with van der Waals surface area (Å²) in [6.07, 6.45) is 0.716. The SMILES string of the molecule is CC1(C)O[C@@]12OC2CCC(=O)O. The highest BCUT2D eigenvalue weighted by Crippen LogP contribution is 2.63. The van der Waals surface area contributed by atoms with Crippen molar-refractivity contribution in [3.05, 3.63) is 0 Å². The fraction of sp³-hybridized carbons (Fsp3) is 0.875. The molecule has 68 valence electrons. The van der Waals surface area contributed by atoms with Gasteiger partial charge >= 0.3 is 5.97 Å². The molecule has 2 aliphatic heterocycles. The average molecular weight is 172 g/mol. The molecule has 2 aliphatic rings. The third kappa shape index (κ3) is 0.949. The lowest BCUT2D eigenvalue weighted by molar-refractivity contribution is -0.137. The molecule has 2 atom stereocenters. The van der Waals surface area contributed by atoms with Crippen molar-refractivity contribution < 1.29 is 19.4 Å². The van der Waals surface area contributed by atoms with E-state index in [2.05, 4.69) is 0 Å². The summed E-state index contributed by atoms with van der Waals surface area (Å²) in [5.74, 6) is -1.19. The highest BCUT2D eigenvalue weighted by Gasteiger charge is 2.81. The van der Waals surface area contributed by atoms with Gasteiger partial charge in [-0.25, -0.2) is 0 Å². The Hall–Kier alpha value is -0.610. The molecule has 2 saturated heterocycles. The summed E-state index contributed by atoms with van der Waals surface area (Å²) < 4.78 is 10.6. The van der Waals surface area contributed by atoms with Crippen LogP contribution in [0.5, 0.6) is 0 Å². The monoisotopic (exact) mass is 172 g/mol. The summed E-state index contributed by atoms with van der Waals surface area (Å²) in [6, 6.07) is 0. The van der Waals surface area contributed by atoms with Crippen molar-refractivity contribution in [1.29, 1.82) is 0 Å². The van der Waals surface area contributed by atoms with Gasteiger partial charge in [0.15, 0.2) is 0 Å². The van der Waals surface area contributed by atoms with E-state index in [0.29, 0.717) is 6.42 Å². The van der Waals surface area contributed by atoms with Crippen LogP contribution in [0.25, 0.3) is 0 Å². The van der Waals surface area contributed by atoms with Crippen LogP contribution in [-0.4, -0.2) is 28.6 Å². The van der Waals surface area contributed by atoms with Gasteiger partial charge in [0, 0.05) is 6.42 Å². The van der Waals surface area contributed by atoms with Crippen LogP contribution in [0.4, 0.5) is 0 Å². The molecule has 0 aromatic rings. The van der Waals surface area contributed by atoms with Gasteiger partial charge in [0.05, 0.1) is 0 Å². The molecular formula is C8H12O4. The molecule has 4 heteroatoms. The molecule has 0 aromatic heterocycles. The third-order valence-electron chi connectivity index (χ3n) is 2.51. The van der Waals surface area contributed by atoms with Gasteiger partial charge in [-0.05, 0) is 20.3 Å². The minimum atomic E-state index is -0.779. The van der Waals surface area contributed by atoms with Crippen molar-refractivity contribution in [3.8, 4) is 0 Å². The number of epoxide rings is 2. The summed E-state index contributed by atoms with van der Waals surface area (Å²) in [4.78, 5) is 10.2. The van der Waals surface area contributed by atoms with Gasteiger partial charge in [-0.15, -0.1) is 0 Å². The van der Waals surface area contributed by atoms with Crippen molar-refractivity contribution in [2.24, 2.45) is 0 Å². The first-order valence-electron chi connectivity index (χ1n) is 4.08. The standard InChI is InChI=1S/C8H12O4/c1-7(2)8(12-7)5(11-8)3-4-6(9)10/h5H,3-4H2,1-2H3,(H,9,10)/t5?,8-/m1/s1. The lowest BCUT2D eigenvalue weighted by atomic mass is 10.1. The molecule has 4 nitrogen and oxygen atoms in total. The van der Waals surface area contributed by atoms with Crippen LogP contribution in [0.1, 0.15) is 26.7 Å². The highest BCUT2D eigenvalue weighted by molar-refractivity contribution is 5.66. The molecule has 2 fully saturated rings. The second kappa shape index (κ2) is 2.00. The Morgan fingerprint density at radius 3 is 2.50 bits per heavy atom. The first-order valence-corrected chi connectivity index (χ1v) is 4.08. The quantitative estimate of drug-likeness (QED) is 0.638. The topological polar surface area (TPSA) is 62.4 Å². The second-order valence-electron chi connectivity index (χ2n) is 3.82. The van der Waals surface area contributed by atoms with E-state index in [-0.39, 0.29) is 18.1 Å².